The van der Waals surface area contributed by atoms with Crippen molar-refractivity contribution in [1.29, 1.82) is 0 Å². The summed E-state index contributed by atoms with van der Waals surface area (Å²) in [6, 6.07) is 1.97. The SMILES string of the molecule is CC(C)Oc1cncc(C2(O)CCCC(C3CC3)C2)c1. The van der Waals surface area contributed by atoms with Gasteiger partial charge in [0.1, 0.15) is 5.75 Å². The van der Waals surface area contributed by atoms with E-state index in [4.69, 9.17) is 4.74 Å². The van der Waals surface area contributed by atoms with E-state index in [1.165, 1.54) is 19.3 Å². The predicted molar refractivity (Wildman–Crippen MR) is 78.6 cm³/mol. The summed E-state index contributed by atoms with van der Waals surface area (Å²) in [5.41, 5.74) is 0.232. The summed E-state index contributed by atoms with van der Waals surface area (Å²) in [5.74, 6) is 2.33. The number of nitrogens with zero attached hydrogens (tertiary/aromatic N) is 1. The third kappa shape index (κ3) is 2.98. The monoisotopic (exact) mass is 275 g/mol. The van der Waals surface area contributed by atoms with E-state index < -0.39 is 5.60 Å². The Morgan fingerprint density at radius 1 is 1.25 bits per heavy atom. The molecule has 2 aliphatic carbocycles. The number of aliphatic hydroxyl groups is 1. The van der Waals surface area contributed by atoms with Gasteiger partial charge in [-0.2, -0.15) is 0 Å². The third-order valence-corrected chi connectivity index (χ3v) is 4.68. The quantitative estimate of drug-likeness (QED) is 0.912. The van der Waals surface area contributed by atoms with Crippen molar-refractivity contribution in [1.82, 2.24) is 4.98 Å². The van der Waals surface area contributed by atoms with E-state index in [2.05, 4.69) is 4.98 Å². The van der Waals surface area contributed by atoms with Crippen LogP contribution in [-0.2, 0) is 5.60 Å². The van der Waals surface area contributed by atoms with Crippen LogP contribution in [0.15, 0.2) is 18.5 Å². The summed E-state index contributed by atoms with van der Waals surface area (Å²) < 4.78 is 5.70. The first-order chi connectivity index (χ1) is 9.57. The van der Waals surface area contributed by atoms with Gasteiger partial charge in [0.25, 0.3) is 0 Å². The fourth-order valence-electron chi connectivity index (χ4n) is 3.54. The normalized spacial score (nSPS) is 30.5. The van der Waals surface area contributed by atoms with Gasteiger partial charge >= 0.3 is 0 Å². The van der Waals surface area contributed by atoms with Gasteiger partial charge in [0.15, 0.2) is 0 Å². The van der Waals surface area contributed by atoms with E-state index in [1.807, 2.05) is 26.1 Å². The van der Waals surface area contributed by atoms with Crippen molar-refractivity contribution in [3.63, 3.8) is 0 Å². The Labute approximate surface area is 121 Å². The van der Waals surface area contributed by atoms with Crippen molar-refractivity contribution in [2.24, 2.45) is 11.8 Å². The van der Waals surface area contributed by atoms with E-state index in [1.54, 1.807) is 6.20 Å². The van der Waals surface area contributed by atoms with Gasteiger partial charge < -0.3 is 9.84 Å². The molecule has 0 radical (unpaired) electrons. The van der Waals surface area contributed by atoms with E-state index >= 15 is 0 Å². The molecule has 20 heavy (non-hydrogen) atoms. The molecule has 1 aromatic heterocycles. The van der Waals surface area contributed by atoms with Crippen LogP contribution in [0.5, 0.6) is 5.75 Å². The molecule has 110 valence electrons. The van der Waals surface area contributed by atoms with E-state index in [9.17, 15) is 5.11 Å². The molecule has 2 unspecified atom stereocenters. The van der Waals surface area contributed by atoms with Crippen LogP contribution in [0.4, 0.5) is 0 Å². The second-order valence-electron chi connectivity index (χ2n) is 6.80. The van der Waals surface area contributed by atoms with Crippen molar-refractivity contribution in [2.75, 3.05) is 0 Å². The third-order valence-electron chi connectivity index (χ3n) is 4.68. The molecule has 0 saturated heterocycles. The Morgan fingerprint density at radius 3 is 2.75 bits per heavy atom. The van der Waals surface area contributed by atoms with Gasteiger partial charge in [0.2, 0.25) is 0 Å². The van der Waals surface area contributed by atoms with E-state index in [-0.39, 0.29) is 6.10 Å². The Hall–Kier alpha value is -1.09. The minimum absolute atomic E-state index is 0.132. The maximum atomic E-state index is 11.1. The highest BCUT2D eigenvalue weighted by Crippen LogP contribution is 2.49. The average Bonchev–Trinajstić information content (AvgIpc) is 3.22. The minimum atomic E-state index is -0.700. The standard InChI is InChI=1S/C17H25NO2/c1-12(2)20-16-8-15(10-18-11-16)17(19)7-3-4-14(9-17)13-5-6-13/h8,10-14,19H,3-7,9H2,1-2H3. The molecule has 2 atom stereocenters. The van der Waals surface area contributed by atoms with Crippen molar-refractivity contribution >= 4 is 0 Å². The largest absolute Gasteiger partial charge is 0.489 e. The predicted octanol–water partition coefficient (Wildman–Crippen LogP) is 3.66. The molecule has 2 saturated carbocycles. The highest BCUT2D eigenvalue weighted by atomic mass is 16.5. The summed E-state index contributed by atoms with van der Waals surface area (Å²) in [6.45, 7) is 4.01. The first-order valence-electron chi connectivity index (χ1n) is 7.91. The molecule has 0 bridgehead atoms. The van der Waals surface area contributed by atoms with Crippen LogP contribution in [0.25, 0.3) is 0 Å². The van der Waals surface area contributed by atoms with E-state index in [0.29, 0.717) is 5.92 Å². The van der Waals surface area contributed by atoms with Crippen LogP contribution in [-0.4, -0.2) is 16.2 Å². The topological polar surface area (TPSA) is 42.4 Å². The Kier molecular flexibility index (Phi) is 3.72. The lowest BCUT2D eigenvalue weighted by Crippen LogP contribution is -2.33. The molecule has 2 aliphatic rings. The molecule has 1 heterocycles. The number of hydrogen-bond donors (Lipinski definition) is 1. The van der Waals surface area contributed by atoms with Crippen molar-refractivity contribution in [3.8, 4) is 5.75 Å². The summed E-state index contributed by atoms with van der Waals surface area (Å²) in [6.07, 6.45) is 10.5. The lowest BCUT2D eigenvalue weighted by atomic mass is 9.73. The Balaban J connectivity index is 1.79. The van der Waals surface area contributed by atoms with Gasteiger partial charge in [-0.25, -0.2) is 0 Å². The average molecular weight is 275 g/mol. The molecule has 3 rings (SSSR count). The molecule has 0 amide bonds. The van der Waals surface area contributed by atoms with Crippen molar-refractivity contribution in [2.45, 2.75) is 64.1 Å². The smallest absolute Gasteiger partial charge is 0.138 e. The van der Waals surface area contributed by atoms with Crippen LogP contribution >= 0.6 is 0 Å². The van der Waals surface area contributed by atoms with Crippen molar-refractivity contribution < 1.29 is 9.84 Å². The zero-order valence-corrected chi connectivity index (χ0v) is 12.5. The van der Waals surface area contributed by atoms with Gasteiger partial charge in [0, 0.05) is 11.8 Å². The first-order valence-corrected chi connectivity index (χ1v) is 7.91. The Bertz CT molecular complexity index is 470. The van der Waals surface area contributed by atoms with Gasteiger partial charge in [0.05, 0.1) is 17.9 Å². The lowest BCUT2D eigenvalue weighted by molar-refractivity contribution is -0.0256. The molecule has 3 nitrogen and oxygen atoms in total. The second-order valence-corrected chi connectivity index (χ2v) is 6.80. The second kappa shape index (κ2) is 5.36. The summed E-state index contributed by atoms with van der Waals surface area (Å²) in [5, 5.41) is 11.1. The van der Waals surface area contributed by atoms with E-state index in [0.717, 1.165) is 36.5 Å². The summed E-state index contributed by atoms with van der Waals surface area (Å²) in [7, 11) is 0. The molecule has 1 N–H and O–H groups in total. The van der Waals surface area contributed by atoms with Crippen LogP contribution in [0.1, 0.15) is 57.9 Å². The summed E-state index contributed by atoms with van der Waals surface area (Å²) in [4.78, 5) is 4.26. The summed E-state index contributed by atoms with van der Waals surface area (Å²) >= 11 is 0. The number of ether oxygens (including phenoxy) is 1. The van der Waals surface area contributed by atoms with Gasteiger partial charge in [-0.05, 0) is 70.3 Å². The maximum absolute atomic E-state index is 11.1. The highest BCUT2D eigenvalue weighted by molar-refractivity contribution is 5.29. The number of aromatic nitrogens is 1. The molecule has 0 spiro atoms. The molecular formula is C17H25NO2. The minimum Gasteiger partial charge on any atom is -0.489 e. The van der Waals surface area contributed by atoms with Gasteiger partial charge in [-0.1, -0.05) is 0 Å². The molecule has 2 fully saturated rings. The van der Waals surface area contributed by atoms with Gasteiger partial charge in [-0.15, -0.1) is 0 Å². The lowest BCUT2D eigenvalue weighted by Gasteiger charge is -2.37. The maximum Gasteiger partial charge on any atom is 0.138 e. The first kappa shape index (κ1) is 13.9. The van der Waals surface area contributed by atoms with Crippen LogP contribution < -0.4 is 4.74 Å². The zero-order chi connectivity index (χ0) is 14.2. The fourth-order valence-corrected chi connectivity index (χ4v) is 3.54. The highest BCUT2D eigenvalue weighted by Gasteiger charge is 2.42. The molecule has 1 aromatic rings. The Morgan fingerprint density at radius 2 is 2.05 bits per heavy atom. The molecular weight excluding hydrogens is 250 g/mol. The van der Waals surface area contributed by atoms with Crippen molar-refractivity contribution in [3.05, 3.63) is 24.0 Å². The zero-order valence-electron chi connectivity index (χ0n) is 12.5. The van der Waals surface area contributed by atoms with Crippen LogP contribution in [0, 0.1) is 11.8 Å². The fraction of sp³-hybridized carbons (Fsp3) is 0.706. The molecule has 0 aliphatic heterocycles. The molecule has 3 heteroatoms. The number of hydrogen-bond acceptors (Lipinski definition) is 3. The van der Waals surface area contributed by atoms with Crippen LogP contribution in [0.3, 0.4) is 0 Å². The number of rotatable bonds is 4. The van der Waals surface area contributed by atoms with Crippen LogP contribution in [0.2, 0.25) is 0 Å². The van der Waals surface area contributed by atoms with Gasteiger partial charge in [-0.3, -0.25) is 4.98 Å². The number of pyridine rings is 1. The molecule has 0 aromatic carbocycles.